The van der Waals surface area contributed by atoms with Gasteiger partial charge in [-0.1, -0.05) is 13.0 Å². The molecule has 11 heteroatoms. The number of allylic oxidation sites excluding steroid dienone is 4. The fraction of sp³-hybridized carbons (Fsp3) is 0.214. The molecule has 0 saturated carbocycles. The second kappa shape index (κ2) is 40.4. The van der Waals surface area contributed by atoms with Crippen LogP contribution in [0.2, 0.25) is 0 Å². The Morgan fingerprint density at radius 3 is 1.76 bits per heavy atom. The van der Waals surface area contributed by atoms with E-state index in [9.17, 15) is 0 Å². The van der Waals surface area contributed by atoms with Gasteiger partial charge in [0.05, 0.1) is 6.54 Å². The van der Waals surface area contributed by atoms with Crippen LogP contribution >= 0.6 is 0 Å². The van der Waals surface area contributed by atoms with Crippen molar-refractivity contribution in [1.82, 2.24) is 0 Å². The molecule has 2 heterocycles. The van der Waals surface area contributed by atoms with Crippen LogP contribution in [0.15, 0.2) is 52.2 Å². The molecule has 0 aliphatic carbocycles. The minimum absolute atomic E-state index is 0. The van der Waals surface area contributed by atoms with Gasteiger partial charge in [-0.15, -0.1) is 6.08 Å². The third-order valence-electron chi connectivity index (χ3n) is 2.01. The second-order valence-electron chi connectivity index (χ2n) is 3.64. The van der Waals surface area contributed by atoms with E-state index in [1.165, 1.54) is 5.57 Å². The van der Waals surface area contributed by atoms with E-state index in [1.54, 1.807) is 6.21 Å². The average molecular weight is 618 g/mol. The predicted octanol–water partition coefficient (Wildman–Crippen LogP) is 3.40. The van der Waals surface area contributed by atoms with Crippen molar-refractivity contribution in [2.75, 3.05) is 13.1 Å². The molecule has 2 rings (SSSR count). The van der Waals surface area contributed by atoms with Crippen LogP contribution < -0.4 is 0 Å². The Labute approximate surface area is 322 Å². The Hall–Kier alpha value is 6.00. The topological polar surface area (TPSA) is 26.5 Å². The molecular formula is C14H17N2Sc9-3. The molecule has 0 N–H and O–H groups in total. The van der Waals surface area contributed by atoms with Crippen LogP contribution in [0.25, 0.3) is 5.32 Å². The van der Waals surface area contributed by atoms with E-state index in [4.69, 9.17) is 0 Å². The molecule has 2 aliphatic rings. The molecule has 0 fully saturated rings. The quantitative estimate of drug-likeness (QED) is 0.404. The first kappa shape index (κ1) is 57.6. The van der Waals surface area contributed by atoms with E-state index in [-0.39, 0.29) is 233 Å². The Kier molecular flexibility index (Phi) is 93.1. The van der Waals surface area contributed by atoms with E-state index in [0.717, 1.165) is 24.2 Å². The summed E-state index contributed by atoms with van der Waals surface area (Å²) in [5.74, 6) is 0. The second-order valence-corrected chi connectivity index (χ2v) is 3.64. The fourth-order valence-corrected chi connectivity index (χ4v) is 1.25. The summed E-state index contributed by atoms with van der Waals surface area (Å²) in [6.07, 6.45) is 11.5. The molecule has 0 spiro atoms. The average Bonchev–Trinajstić information content (AvgIpc) is 2.94. The van der Waals surface area contributed by atoms with Gasteiger partial charge in [0.15, 0.2) is 0 Å². The van der Waals surface area contributed by atoms with E-state index in [2.05, 4.69) is 24.2 Å². The van der Waals surface area contributed by atoms with Gasteiger partial charge < -0.3 is 5.32 Å². The monoisotopic (exact) mass is 618 g/mol. The molecule has 0 atom stereocenters. The summed E-state index contributed by atoms with van der Waals surface area (Å²) in [5.41, 5.74) is 3.24. The Bertz CT molecular complexity index is 378. The van der Waals surface area contributed by atoms with Crippen molar-refractivity contribution in [2.24, 2.45) is 4.99 Å². The maximum atomic E-state index is 4.07. The van der Waals surface area contributed by atoms with Crippen LogP contribution in [0.4, 0.5) is 0 Å². The SMILES string of the molecule is C1=CCN=C1.[CH2-]C(C)=CC([CH2-])=C1C=C[N-]C1.[Sc].[Sc].[Sc].[Sc].[Sc].[Sc].[Sc].[Sc].[Sc]. The summed E-state index contributed by atoms with van der Waals surface area (Å²) >= 11 is 0. The molecule has 2 nitrogen and oxygen atoms in total. The molecule has 0 aromatic carbocycles. The number of nitrogens with zero attached hydrogens (tertiary/aromatic N) is 2. The summed E-state index contributed by atoms with van der Waals surface area (Å²) in [6.45, 7) is 11.3. The molecule has 0 amide bonds. The molecule has 2 aliphatic heterocycles. The Morgan fingerprint density at radius 1 is 1.00 bits per heavy atom. The largest absolute Gasteiger partial charge is 0.697 e. The number of rotatable bonds is 1. The molecule has 0 unspecified atom stereocenters. The molecule has 0 saturated heterocycles. The van der Waals surface area contributed by atoms with Crippen LogP contribution in [0.5, 0.6) is 0 Å². The first-order valence-corrected chi connectivity index (χ1v) is 5.23. The first-order chi connectivity index (χ1) is 7.70. The smallest absolute Gasteiger partial charge is 0.0573 e. The molecule has 0 bridgehead atoms. The van der Waals surface area contributed by atoms with Gasteiger partial charge in [0, 0.05) is 239 Å². The van der Waals surface area contributed by atoms with E-state index in [0.29, 0.717) is 0 Å². The van der Waals surface area contributed by atoms with Gasteiger partial charge in [-0.2, -0.15) is 42.5 Å². The molecule has 25 heavy (non-hydrogen) atoms. The normalized spacial score (nSPS) is 13.1. The van der Waals surface area contributed by atoms with Crippen molar-refractivity contribution in [1.29, 1.82) is 0 Å². The Morgan fingerprint density at radius 2 is 1.52 bits per heavy atom. The zero-order chi connectivity index (χ0) is 11.8. The van der Waals surface area contributed by atoms with E-state index in [1.807, 2.05) is 37.4 Å². The first-order valence-electron chi connectivity index (χ1n) is 5.23. The van der Waals surface area contributed by atoms with Crippen LogP contribution in [-0.4, -0.2) is 19.3 Å². The molecule has 0 aromatic heterocycles. The van der Waals surface area contributed by atoms with Gasteiger partial charge in [-0.3, -0.25) is 4.99 Å². The van der Waals surface area contributed by atoms with Crippen LogP contribution in [-0.2, 0) is 233 Å². The predicted molar refractivity (Wildman–Crippen MR) is 71.4 cm³/mol. The summed E-state index contributed by atoms with van der Waals surface area (Å²) < 4.78 is 0. The maximum Gasteiger partial charge on any atom is 0.0573 e. The summed E-state index contributed by atoms with van der Waals surface area (Å²) in [7, 11) is 0. The molecular weight excluding hydrogens is 601 g/mol. The number of hydrogen-bond donors (Lipinski definition) is 0. The van der Waals surface area contributed by atoms with Crippen LogP contribution in [0, 0.1) is 13.8 Å². The van der Waals surface area contributed by atoms with Crippen LogP contribution in [0.3, 0.4) is 0 Å². The number of hydrogen-bond acceptors (Lipinski definition) is 1. The van der Waals surface area contributed by atoms with Gasteiger partial charge in [0.1, 0.15) is 0 Å². The zero-order valence-electron chi connectivity index (χ0n) is 14.9. The number of aliphatic imine (C=N–C) groups is 1. The fourth-order valence-electron chi connectivity index (χ4n) is 1.25. The van der Waals surface area contributed by atoms with Crippen molar-refractivity contribution in [3.63, 3.8) is 0 Å². The van der Waals surface area contributed by atoms with Crippen molar-refractivity contribution in [3.05, 3.63) is 66.4 Å². The van der Waals surface area contributed by atoms with Crippen molar-refractivity contribution in [2.45, 2.75) is 6.92 Å². The van der Waals surface area contributed by atoms with Crippen LogP contribution in [0.1, 0.15) is 6.92 Å². The maximum absolute atomic E-state index is 4.07. The van der Waals surface area contributed by atoms with Gasteiger partial charge in [0.25, 0.3) is 0 Å². The zero-order valence-corrected chi connectivity index (χ0v) is 31.1. The van der Waals surface area contributed by atoms with E-state index >= 15 is 0 Å². The van der Waals surface area contributed by atoms with Gasteiger partial charge in [-0.05, 0) is 6.08 Å². The minimum Gasteiger partial charge on any atom is -0.697 e. The van der Waals surface area contributed by atoms with Crippen molar-refractivity contribution in [3.8, 4) is 0 Å². The Balaban J connectivity index is -0.0000000237. The van der Waals surface area contributed by atoms with Gasteiger partial charge in [0.2, 0.25) is 0 Å². The standard InChI is InChI=1S/C10H12N.C4H5N.9Sc/c1-8(2)6-9(3)10-4-5-11-7-10;1-2-4-5-3-1;;;;;;;;;/h4-6H,1,3,7H2,2H3;1-3H,4H2;;;;;;;;;/q-3;;;;;;;;;;. The summed E-state index contributed by atoms with van der Waals surface area (Å²) in [5, 5.41) is 4.07. The summed E-state index contributed by atoms with van der Waals surface area (Å²) in [4.78, 5) is 3.85. The molecule has 113 valence electrons. The summed E-state index contributed by atoms with van der Waals surface area (Å²) in [6, 6.07) is 0. The molecule has 0 aromatic rings. The third kappa shape index (κ3) is 34.8. The minimum atomic E-state index is 0. The third-order valence-corrected chi connectivity index (χ3v) is 2.01. The molecule has 9 radical (unpaired) electrons. The van der Waals surface area contributed by atoms with Gasteiger partial charge >= 0.3 is 0 Å². The van der Waals surface area contributed by atoms with Crippen molar-refractivity contribution < 1.29 is 233 Å². The van der Waals surface area contributed by atoms with Gasteiger partial charge in [-0.25, -0.2) is 6.92 Å². The van der Waals surface area contributed by atoms with E-state index < -0.39 is 0 Å². The van der Waals surface area contributed by atoms with Crippen molar-refractivity contribution >= 4 is 6.21 Å².